The molecule has 23 heavy (non-hydrogen) atoms. The fourth-order valence-corrected chi connectivity index (χ4v) is 2.92. The van der Waals surface area contributed by atoms with Crippen LogP contribution in [0.4, 0.5) is 14.5 Å². The van der Waals surface area contributed by atoms with Gasteiger partial charge in [-0.15, -0.1) is 0 Å². The number of rotatable bonds is 4. The van der Waals surface area contributed by atoms with Gasteiger partial charge in [-0.3, -0.25) is 4.79 Å². The van der Waals surface area contributed by atoms with Crippen LogP contribution in [0.3, 0.4) is 0 Å². The number of furan rings is 1. The molecule has 1 atom stereocenters. The molecule has 0 saturated carbocycles. The molecule has 0 radical (unpaired) electrons. The fourth-order valence-electron chi connectivity index (χ4n) is 2.92. The van der Waals surface area contributed by atoms with Crippen LogP contribution in [-0.2, 0) is 11.2 Å². The molecule has 3 rings (SSSR count). The number of carbonyl (C=O) groups excluding carboxylic acids is 1. The van der Waals surface area contributed by atoms with Gasteiger partial charge in [0, 0.05) is 23.9 Å². The van der Waals surface area contributed by atoms with Crippen molar-refractivity contribution in [1.29, 1.82) is 0 Å². The normalized spacial score (nSPS) is 15.2. The van der Waals surface area contributed by atoms with Gasteiger partial charge in [0.15, 0.2) is 0 Å². The van der Waals surface area contributed by atoms with Crippen molar-refractivity contribution < 1.29 is 18.0 Å². The SMILES string of the molecule is C[C@H](NC(=O)CN1CCCc2c(F)cc(F)cc21)c1ccco1. The highest BCUT2D eigenvalue weighted by Crippen LogP contribution is 2.30. The van der Waals surface area contributed by atoms with E-state index in [1.807, 2.05) is 6.92 Å². The van der Waals surface area contributed by atoms with E-state index in [4.69, 9.17) is 4.42 Å². The van der Waals surface area contributed by atoms with Crippen molar-refractivity contribution in [2.75, 3.05) is 18.0 Å². The van der Waals surface area contributed by atoms with Gasteiger partial charge in [0.1, 0.15) is 17.4 Å². The molecule has 0 spiro atoms. The van der Waals surface area contributed by atoms with Gasteiger partial charge in [-0.25, -0.2) is 8.78 Å². The van der Waals surface area contributed by atoms with Crippen LogP contribution in [-0.4, -0.2) is 19.0 Å². The molecule has 6 heteroatoms. The molecule has 0 aliphatic carbocycles. The van der Waals surface area contributed by atoms with Crippen molar-refractivity contribution in [3.05, 3.63) is 53.5 Å². The summed E-state index contributed by atoms with van der Waals surface area (Å²) >= 11 is 0. The molecule has 2 aromatic rings. The standard InChI is InChI=1S/C17H18F2N2O2/c1-11(16-5-3-7-23-16)20-17(22)10-21-6-2-4-13-14(19)8-12(18)9-15(13)21/h3,5,7-9,11H,2,4,6,10H2,1H3,(H,20,22)/t11-/m0/s1. The summed E-state index contributed by atoms with van der Waals surface area (Å²) in [5.41, 5.74) is 0.944. The van der Waals surface area contributed by atoms with Crippen molar-refractivity contribution in [2.45, 2.75) is 25.8 Å². The minimum absolute atomic E-state index is 0.0565. The highest BCUT2D eigenvalue weighted by atomic mass is 19.1. The predicted molar refractivity (Wildman–Crippen MR) is 82.2 cm³/mol. The van der Waals surface area contributed by atoms with Gasteiger partial charge in [-0.2, -0.15) is 0 Å². The fraction of sp³-hybridized carbons (Fsp3) is 0.353. The lowest BCUT2D eigenvalue weighted by molar-refractivity contribution is -0.120. The van der Waals surface area contributed by atoms with Crippen LogP contribution in [0.25, 0.3) is 0 Å². The van der Waals surface area contributed by atoms with Crippen LogP contribution in [0.5, 0.6) is 0 Å². The molecular formula is C17H18F2N2O2. The molecule has 1 aromatic heterocycles. The van der Waals surface area contributed by atoms with Gasteiger partial charge in [-0.1, -0.05) is 0 Å². The van der Waals surface area contributed by atoms with Crippen LogP contribution in [0.15, 0.2) is 34.9 Å². The molecule has 0 saturated heterocycles. The van der Waals surface area contributed by atoms with E-state index in [9.17, 15) is 13.6 Å². The second-order valence-corrected chi connectivity index (χ2v) is 5.72. The Hall–Kier alpha value is -2.37. The zero-order valence-electron chi connectivity index (χ0n) is 12.8. The average Bonchev–Trinajstić information content (AvgIpc) is 3.02. The first-order valence-electron chi connectivity index (χ1n) is 7.60. The number of anilines is 1. The zero-order valence-corrected chi connectivity index (χ0v) is 12.8. The van der Waals surface area contributed by atoms with E-state index in [2.05, 4.69) is 5.32 Å². The highest BCUT2D eigenvalue weighted by Gasteiger charge is 2.23. The number of amides is 1. The van der Waals surface area contributed by atoms with Crippen LogP contribution in [0, 0.1) is 11.6 Å². The molecule has 1 aliphatic heterocycles. The van der Waals surface area contributed by atoms with E-state index in [-0.39, 0.29) is 18.5 Å². The minimum Gasteiger partial charge on any atom is -0.467 e. The molecule has 1 amide bonds. The molecule has 4 nitrogen and oxygen atoms in total. The Bertz CT molecular complexity index is 701. The van der Waals surface area contributed by atoms with E-state index >= 15 is 0 Å². The third-order valence-electron chi connectivity index (χ3n) is 4.01. The van der Waals surface area contributed by atoms with Crippen LogP contribution in [0.2, 0.25) is 0 Å². The van der Waals surface area contributed by atoms with Crippen molar-refractivity contribution in [3.63, 3.8) is 0 Å². The summed E-state index contributed by atoms with van der Waals surface area (Å²) in [6, 6.07) is 5.46. The number of benzene rings is 1. The summed E-state index contributed by atoms with van der Waals surface area (Å²) in [7, 11) is 0. The monoisotopic (exact) mass is 320 g/mol. The van der Waals surface area contributed by atoms with Crippen LogP contribution < -0.4 is 10.2 Å². The number of fused-ring (bicyclic) bond motifs is 1. The lowest BCUT2D eigenvalue weighted by Crippen LogP contribution is -2.40. The van der Waals surface area contributed by atoms with E-state index in [0.717, 1.165) is 12.5 Å². The van der Waals surface area contributed by atoms with E-state index in [1.165, 1.54) is 6.07 Å². The van der Waals surface area contributed by atoms with E-state index < -0.39 is 11.6 Å². The Morgan fingerprint density at radius 2 is 2.26 bits per heavy atom. The minimum atomic E-state index is -0.627. The third-order valence-corrected chi connectivity index (χ3v) is 4.01. The zero-order chi connectivity index (χ0) is 16.4. The first-order valence-corrected chi connectivity index (χ1v) is 7.60. The van der Waals surface area contributed by atoms with Crippen molar-refractivity contribution in [2.24, 2.45) is 0 Å². The summed E-state index contributed by atoms with van der Waals surface area (Å²) in [5.74, 6) is -0.729. The Morgan fingerprint density at radius 3 is 3.00 bits per heavy atom. The van der Waals surface area contributed by atoms with E-state index in [0.29, 0.717) is 30.0 Å². The molecule has 0 unspecified atom stereocenters. The van der Waals surface area contributed by atoms with Gasteiger partial charge < -0.3 is 14.6 Å². The Kier molecular flexibility index (Phi) is 4.32. The Morgan fingerprint density at radius 1 is 1.43 bits per heavy atom. The van der Waals surface area contributed by atoms with Gasteiger partial charge in [0.2, 0.25) is 5.91 Å². The van der Waals surface area contributed by atoms with Gasteiger partial charge in [0.25, 0.3) is 0 Å². The summed E-state index contributed by atoms with van der Waals surface area (Å²) in [4.78, 5) is 13.9. The highest BCUT2D eigenvalue weighted by molar-refractivity contribution is 5.82. The lowest BCUT2D eigenvalue weighted by atomic mass is 10.0. The molecule has 122 valence electrons. The third kappa shape index (κ3) is 3.36. The van der Waals surface area contributed by atoms with E-state index in [1.54, 1.807) is 23.3 Å². The first kappa shape index (κ1) is 15.5. The maximum absolute atomic E-state index is 13.9. The second kappa shape index (κ2) is 6.40. The number of hydrogen-bond donors (Lipinski definition) is 1. The predicted octanol–water partition coefficient (Wildman–Crippen LogP) is 3.19. The Balaban J connectivity index is 1.71. The molecule has 2 heterocycles. The topological polar surface area (TPSA) is 45.5 Å². The number of halogens is 2. The molecular weight excluding hydrogens is 302 g/mol. The quantitative estimate of drug-likeness (QED) is 0.941. The summed E-state index contributed by atoms with van der Waals surface area (Å²) in [6.07, 6.45) is 2.84. The van der Waals surface area contributed by atoms with Gasteiger partial charge in [-0.05, 0) is 38.0 Å². The van der Waals surface area contributed by atoms with Gasteiger partial charge in [0.05, 0.1) is 18.8 Å². The molecule has 0 fully saturated rings. The molecule has 0 bridgehead atoms. The number of hydrogen-bond acceptors (Lipinski definition) is 3. The summed E-state index contributed by atoms with van der Waals surface area (Å²) in [5, 5.41) is 2.83. The smallest absolute Gasteiger partial charge is 0.240 e. The largest absolute Gasteiger partial charge is 0.467 e. The summed E-state index contributed by atoms with van der Waals surface area (Å²) < 4.78 is 32.6. The molecule has 1 aromatic carbocycles. The van der Waals surface area contributed by atoms with Crippen molar-refractivity contribution >= 4 is 11.6 Å². The van der Waals surface area contributed by atoms with Crippen molar-refractivity contribution in [3.8, 4) is 0 Å². The number of carbonyl (C=O) groups is 1. The molecule has 1 aliphatic rings. The first-order chi connectivity index (χ1) is 11.0. The number of nitrogens with one attached hydrogen (secondary N) is 1. The lowest BCUT2D eigenvalue weighted by Gasteiger charge is -2.31. The maximum atomic E-state index is 13.9. The maximum Gasteiger partial charge on any atom is 0.240 e. The number of nitrogens with zero attached hydrogens (tertiary/aromatic N) is 1. The Labute approximate surface area is 133 Å². The van der Waals surface area contributed by atoms with Crippen LogP contribution in [0.1, 0.15) is 30.7 Å². The molecule has 1 N–H and O–H groups in total. The van der Waals surface area contributed by atoms with Crippen LogP contribution >= 0.6 is 0 Å². The summed E-state index contributed by atoms with van der Waals surface area (Å²) in [6.45, 7) is 2.47. The second-order valence-electron chi connectivity index (χ2n) is 5.72. The average molecular weight is 320 g/mol. The van der Waals surface area contributed by atoms with Crippen molar-refractivity contribution in [1.82, 2.24) is 5.32 Å². The van der Waals surface area contributed by atoms with Gasteiger partial charge >= 0.3 is 0 Å².